The summed E-state index contributed by atoms with van der Waals surface area (Å²) < 4.78 is 5.67. The van der Waals surface area contributed by atoms with Gasteiger partial charge in [-0.05, 0) is 29.4 Å². The smallest absolute Gasteiger partial charge is 0.193 e. The van der Waals surface area contributed by atoms with Crippen molar-refractivity contribution in [3.63, 3.8) is 0 Å². The van der Waals surface area contributed by atoms with E-state index in [0.717, 1.165) is 22.4 Å². The Labute approximate surface area is 129 Å². The van der Waals surface area contributed by atoms with Crippen LogP contribution in [0.2, 0.25) is 0 Å². The first-order valence-electron chi connectivity index (χ1n) is 6.78. The first kappa shape index (κ1) is 13.6. The minimum absolute atomic E-state index is 0.492. The van der Waals surface area contributed by atoms with Gasteiger partial charge in [0.1, 0.15) is 6.61 Å². The summed E-state index contributed by atoms with van der Waals surface area (Å²) in [6, 6.07) is 22.2. The zero-order valence-electron chi connectivity index (χ0n) is 11.5. The Morgan fingerprint density at radius 1 is 0.952 bits per heavy atom. The van der Waals surface area contributed by atoms with Gasteiger partial charge in [0.15, 0.2) is 5.05 Å². The molecule has 2 aromatic carbocycles. The van der Waals surface area contributed by atoms with Gasteiger partial charge in [-0.2, -0.15) is 0 Å². The van der Waals surface area contributed by atoms with Crippen molar-refractivity contribution in [2.45, 2.75) is 6.61 Å². The molecule has 0 aliphatic carbocycles. The van der Waals surface area contributed by atoms with E-state index in [1.54, 1.807) is 0 Å². The molecule has 3 rings (SSSR count). The number of benzene rings is 2. The van der Waals surface area contributed by atoms with E-state index >= 15 is 0 Å². The van der Waals surface area contributed by atoms with Crippen LogP contribution in [0, 0.1) is 0 Å². The van der Waals surface area contributed by atoms with Crippen LogP contribution in [0.3, 0.4) is 0 Å². The van der Waals surface area contributed by atoms with Crippen LogP contribution in [-0.2, 0) is 11.3 Å². The molecule has 3 aromatic rings. The van der Waals surface area contributed by atoms with Crippen molar-refractivity contribution < 1.29 is 4.74 Å². The summed E-state index contributed by atoms with van der Waals surface area (Å²) in [6.45, 7) is 0.492. The molecule has 1 aromatic heterocycles. The Morgan fingerprint density at radius 3 is 2.33 bits per heavy atom. The van der Waals surface area contributed by atoms with Gasteiger partial charge < -0.3 is 9.72 Å². The minimum Gasteiger partial charge on any atom is -0.478 e. The SMILES string of the molecule is S=C(OCc1ccccc1)c1c[nH]c(-c2ccccc2)c1. The minimum atomic E-state index is 0.492. The second-order valence-corrected chi connectivity index (χ2v) is 5.10. The van der Waals surface area contributed by atoms with E-state index in [1.807, 2.05) is 60.8 Å². The van der Waals surface area contributed by atoms with Crippen molar-refractivity contribution in [1.82, 2.24) is 4.98 Å². The van der Waals surface area contributed by atoms with E-state index in [1.165, 1.54) is 0 Å². The molecular formula is C18H15NOS. The van der Waals surface area contributed by atoms with Gasteiger partial charge in [0, 0.05) is 17.5 Å². The van der Waals surface area contributed by atoms with Gasteiger partial charge in [0.25, 0.3) is 0 Å². The maximum Gasteiger partial charge on any atom is 0.193 e. The molecule has 0 fully saturated rings. The number of nitrogens with one attached hydrogen (secondary N) is 1. The standard InChI is InChI=1S/C18H15NOS/c21-18(20-13-14-7-3-1-4-8-14)16-11-17(19-12-16)15-9-5-2-6-10-15/h1-12,19H,13H2. The van der Waals surface area contributed by atoms with Crippen molar-refractivity contribution in [3.8, 4) is 11.3 Å². The molecule has 0 unspecified atom stereocenters. The van der Waals surface area contributed by atoms with Crippen LogP contribution in [0.25, 0.3) is 11.3 Å². The molecule has 0 atom stereocenters. The number of aromatic nitrogens is 1. The number of aromatic amines is 1. The Kier molecular flexibility index (Phi) is 4.12. The Morgan fingerprint density at radius 2 is 1.62 bits per heavy atom. The Balaban J connectivity index is 1.67. The van der Waals surface area contributed by atoms with Crippen LogP contribution in [0.4, 0.5) is 0 Å². The molecule has 1 heterocycles. The maximum atomic E-state index is 5.67. The molecule has 2 nitrogen and oxygen atoms in total. The summed E-state index contributed by atoms with van der Waals surface area (Å²) in [7, 11) is 0. The molecule has 0 saturated heterocycles. The predicted octanol–water partition coefficient (Wildman–Crippen LogP) is 4.57. The zero-order chi connectivity index (χ0) is 14.5. The molecule has 0 aliphatic rings. The van der Waals surface area contributed by atoms with Crippen LogP contribution in [0.5, 0.6) is 0 Å². The summed E-state index contributed by atoms with van der Waals surface area (Å²) in [5.41, 5.74) is 4.18. The van der Waals surface area contributed by atoms with Crippen molar-refractivity contribution in [2.24, 2.45) is 0 Å². The van der Waals surface area contributed by atoms with Crippen molar-refractivity contribution in [1.29, 1.82) is 0 Å². The van der Waals surface area contributed by atoms with E-state index < -0.39 is 0 Å². The molecule has 0 amide bonds. The molecule has 3 heteroatoms. The van der Waals surface area contributed by atoms with E-state index in [4.69, 9.17) is 17.0 Å². The topological polar surface area (TPSA) is 25.0 Å². The van der Waals surface area contributed by atoms with Crippen molar-refractivity contribution in [3.05, 3.63) is 84.1 Å². The number of hydrogen-bond donors (Lipinski definition) is 1. The zero-order valence-corrected chi connectivity index (χ0v) is 12.3. The number of hydrogen-bond acceptors (Lipinski definition) is 2. The lowest BCUT2D eigenvalue weighted by molar-refractivity contribution is 0.302. The largest absolute Gasteiger partial charge is 0.478 e. The maximum absolute atomic E-state index is 5.67. The van der Waals surface area contributed by atoms with Crippen LogP contribution >= 0.6 is 12.2 Å². The highest BCUT2D eigenvalue weighted by Crippen LogP contribution is 2.19. The van der Waals surface area contributed by atoms with Gasteiger partial charge in [0.05, 0.1) is 0 Å². The van der Waals surface area contributed by atoms with Crippen LogP contribution in [0.1, 0.15) is 11.1 Å². The van der Waals surface area contributed by atoms with E-state index in [2.05, 4.69) is 17.1 Å². The van der Waals surface area contributed by atoms with Gasteiger partial charge in [0.2, 0.25) is 0 Å². The van der Waals surface area contributed by atoms with Gasteiger partial charge in [-0.1, -0.05) is 60.7 Å². The average molecular weight is 293 g/mol. The van der Waals surface area contributed by atoms with Gasteiger partial charge in [-0.25, -0.2) is 0 Å². The molecule has 104 valence electrons. The number of ether oxygens (including phenoxy) is 1. The fourth-order valence-electron chi connectivity index (χ4n) is 2.10. The summed E-state index contributed by atoms with van der Waals surface area (Å²) in [6.07, 6.45) is 1.88. The third-order valence-electron chi connectivity index (χ3n) is 3.22. The fraction of sp³-hybridized carbons (Fsp3) is 0.0556. The molecule has 21 heavy (non-hydrogen) atoms. The molecule has 0 saturated carbocycles. The first-order chi connectivity index (χ1) is 10.3. The first-order valence-corrected chi connectivity index (χ1v) is 7.18. The highest BCUT2D eigenvalue weighted by molar-refractivity contribution is 7.80. The lowest BCUT2D eigenvalue weighted by atomic mass is 10.1. The molecule has 0 radical (unpaired) electrons. The average Bonchev–Trinajstić information content (AvgIpc) is 3.04. The normalized spacial score (nSPS) is 10.3. The Bertz CT molecular complexity index is 719. The molecule has 0 spiro atoms. The number of H-pyrrole nitrogens is 1. The summed E-state index contributed by atoms with van der Waals surface area (Å²) >= 11 is 5.34. The predicted molar refractivity (Wildman–Crippen MR) is 89.2 cm³/mol. The summed E-state index contributed by atoms with van der Waals surface area (Å²) in [5.74, 6) is 0. The summed E-state index contributed by atoms with van der Waals surface area (Å²) in [4.78, 5) is 3.23. The molecular weight excluding hydrogens is 278 g/mol. The lowest BCUT2D eigenvalue weighted by Crippen LogP contribution is -2.02. The fourth-order valence-corrected chi connectivity index (χ4v) is 2.28. The highest BCUT2D eigenvalue weighted by Gasteiger charge is 2.07. The van der Waals surface area contributed by atoms with Gasteiger partial charge in [-0.3, -0.25) is 0 Å². The monoisotopic (exact) mass is 293 g/mol. The second-order valence-electron chi connectivity index (χ2n) is 4.73. The van der Waals surface area contributed by atoms with Gasteiger partial charge in [-0.15, -0.1) is 0 Å². The number of rotatable bonds is 4. The number of thiocarbonyl (C=S) groups is 1. The highest BCUT2D eigenvalue weighted by atomic mass is 32.1. The second kappa shape index (κ2) is 6.37. The van der Waals surface area contributed by atoms with Crippen molar-refractivity contribution >= 4 is 17.3 Å². The third kappa shape index (κ3) is 3.38. The van der Waals surface area contributed by atoms with Crippen molar-refractivity contribution in [2.75, 3.05) is 0 Å². The molecule has 0 aliphatic heterocycles. The van der Waals surface area contributed by atoms with Crippen LogP contribution in [0.15, 0.2) is 72.9 Å². The van der Waals surface area contributed by atoms with E-state index in [9.17, 15) is 0 Å². The molecule has 1 N–H and O–H groups in total. The van der Waals surface area contributed by atoms with E-state index in [0.29, 0.717) is 11.7 Å². The van der Waals surface area contributed by atoms with Crippen LogP contribution in [-0.4, -0.2) is 10.0 Å². The quantitative estimate of drug-likeness (QED) is 0.713. The van der Waals surface area contributed by atoms with Crippen LogP contribution < -0.4 is 0 Å². The summed E-state index contributed by atoms with van der Waals surface area (Å²) in [5, 5.41) is 0.511. The van der Waals surface area contributed by atoms with Gasteiger partial charge >= 0.3 is 0 Å². The lowest BCUT2D eigenvalue weighted by Gasteiger charge is -2.05. The van der Waals surface area contributed by atoms with E-state index in [-0.39, 0.29) is 0 Å². The molecule has 0 bridgehead atoms. The Hall–Kier alpha value is -2.39. The third-order valence-corrected chi connectivity index (χ3v) is 3.57.